The standard InChI is InChI=1S/C27H23Cl2N3O4S/c1-18-7-11-22(12-8-18)37(34,35)32-25(19-5-3-2-4-6-19)16-27(33)31-30-17-21-10-14-26(36-21)20-9-13-23(28)24(29)15-20/h2-15,17,25,32H,16H2,1H3,(H,31,33)/b30-17-/t25-/m1/s1. The van der Waals surface area contributed by atoms with Gasteiger partial charge in [0.25, 0.3) is 0 Å². The van der Waals surface area contributed by atoms with Crippen molar-refractivity contribution in [3.05, 3.63) is 112 Å². The van der Waals surface area contributed by atoms with Gasteiger partial charge in [-0.05, 0) is 55.0 Å². The number of hydrogen-bond donors (Lipinski definition) is 2. The van der Waals surface area contributed by atoms with Crippen LogP contribution in [0.2, 0.25) is 10.0 Å². The molecule has 2 N–H and O–H groups in total. The van der Waals surface area contributed by atoms with Crippen LogP contribution in [0.5, 0.6) is 0 Å². The van der Waals surface area contributed by atoms with Crippen molar-refractivity contribution in [3.63, 3.8) is 0 Å². The summed E-state index contributed by atoms with van der Waals surface area (Å²) < 4.78 is 34.3. The number of amides is 1. The smallest absolute Gasteiger partial charge is 0.242 e. The van der Waals surface area contributed by atoms with Gasteiger partial charge in [-0.2, -0.15) is 5.10 Å². The monoisotopic (exact) mass is 555 g/mol. The van der Waals surface area contributed by atoms with Gasteiger partial charge in [-0.3, -0.25) is 4.79 Å². The van der Waals surface area contributed by atoms with Gasteiger partial charge in [0.05, 0.1) is 27.2 Å². The van der Waals surface area contributed by atoms with E-state index in [0.717, 1.165) is 11.1 Å². The van der Waals surface area contributed by atoms with Crippen LogP contribution in [0.15, 0.2) is 99.3 Å². The highest BCUT2D eigenvalue weighted by Gasteiger charge is 2.23. The molecule has 0 spiro atoms. The number of furan rings is 1. The van der Waals surface area contributed by atoms with E-state index in [9.17, 15) is 13.2 Å². The Bertz CT molecular complexity index is 1520. The molecule has 0 aliphatic heterocycles. The van der Waals surface area contributed by atoms with Crippen LogP contribution in [-0.2, 0) is 14.8 Å². The normalized spacial score (nSPS) is 12.5. The van der Waals surface area contributed by atoms with Gasteiger partial charge in [-0.15, -0.1) is 0 Å². The van der Waals surface area contributed by atoms with E-state index in [1.165, 1.54) is 18.3 Å². The maximum atomic E-state index is 13.0. The fourth-order valence-electron chi connectivity index (χ4n) is 3.51. The van der Waals surface area contributed by atoms with Gasteiger partial charge in [0, 0.05) is 12.0 Å². The summed E-state index contributed by atoms with van der Waals surface area (Å²) in [7, 11) is -3.86. The van der Waals surface area contributed by atoms with Crippen LogP contribution < -0.4 is 10.1 Å². The Hall–Kier alpha value is -3.43. The van der Waals surface area contributed by atoms with Crippen LogP contribution >= 0.6 is 23.2 Å². The molecule has 3 aromatic carbocycles. The van der Waals surface area contributed by atoms with E-state index in [0.29, 0.717) is 27.1 Å². The summed E-state index contributed by atoms with van der Waals surface area (Å²) in [4.78, 5) is 12.8. The summed E-state index contributed by atoms with van der Waals surface area (Å²) in [6.45, 7) is 1.87. The number of sulfonamides is 1. The number of aryl methyl sites for hydroxylation is 1. The third-order valence-corrected chi connectivity index (χ3v) is 7.66. The minimum Gasteiger partial charge on any atom is -0.455 e. The first-order chi connectivity index (χ1) is 17.7. The first kappa shape index (κ1) is 26.6. The Morgan fingerprint density at radius 1 is 0.973 bits per heavy atom. The van der Waals surface area contributed by atoms with Gasteiger partial charge in [0.2, 0.25) is 15.9 Å². The molecule has 1 heterocycles. The summed E-state index contributed by atoms with van der Waals surface area (Å²) in [5.74, 6) is 0.482. The molecule has 0 aliphatic rings. The quantitative estimate of drug-likeness (QED) is 0.192. The third kappa shape index (κ3) is 7.08. The topological polar surface area (TPSA) is 101 Å². The lowest BCUT2D eigenvalue weighted by atomic mass is 10.0. The number of hydrogen-bond acceptors (Lipinski definition) is 5. The Labute approximate surface area is 225 Å². The summed E-state index contributed by atoms with van der Waals surface area (Å²) in [6, 6.07) is 23.1. The zero-order valence-corrected chi connectivity index (χ0v) is 22.0. The molecule has 0 saturated carbocycles. The first-order valence-electron chi connectivity index (χ1n) is 11.2. The summed E-state index contributed by atoms with van der Waals surface area (Å²) in [6.07, 6.45) is 1.19. The van der Waals surface area contributed by atoms with E-state index in [2.05, 4.69) is 15.2 Å². The van der Waals surface area contributed by atoms with Gasteiger partial charge in [0.15, 0.2) is 0 Å². The minimum absolute atomic E-state index is 0.119. The summed E-state index contributed by atoms with van der Waals surface area (Å²) in [5, 5.41) is 4.80. The molecule has 1 atom stereocenters. The molecule has 4 aromatic rings. The maximum Gasteiger partial charge on any atom is 0.242 e. The highest BCUT2D eigenvalue weighted by Crippen LogP contribution is 2.29. The number of carbonyl (C=O) groups excluding carboxylic acids is 1. The van der Waals surface area contributed by atoms with Crippen molar-refractivity contribution in [1.82, 2.24) is 10.1 Å². The second-order valence-corrected chi connectivity index (χ2v) is 10.8. The van der Waals surface area contributed by atoms with Crippen LogP contribution in [-0.4, -0.2) is 20.5 Å². The lowest BCUT2D eigenvalue weighted by Crippen LogP contribution is -2.32. The second kappa shape index (κ2) is 11.7. The molecule has 190 valence electrons. The SMILES string of the molecule is Cc1ccc(S(=O)(=O)N[C@H](CC(=O)N/N=C\c2ccc(-c3ccc(Cl)c(Cl)c3)o2)c2ccccc2)cc1. The molecule has 4 rings (SSSR count). The zero-order chi connectivity index (χ0) is 26.4. The molecule has 0 fully saturated rings. The van der Waals surface area contributed by atoms with Gasteiger partial charge < -0.3 is 4.42 Å². The molecule has 1 aromatic heterocycles. The Kier molecular flexibility index (Phi) is 8.45. The van der Waals surface area contributed by atoms with Gasteiger partial charge >= 0.3 is 0 Å². The largest absolute Gasteiger partial charge is 0.455 e. The Balaban J connectivity index is 1.43. The van der Waals surface area contributed by atoms with E-state index < -0.39 is 22.0 Å². The van der Waals surface area contributed by atoms with Gasteiger partial charge in [0.1, 0.15) is 11.5 Å². The van der Waals surface area contributed by atoms with Crippen molar-refractivity contribution in [2.75, 3.05) is 0 Å². The number of hydrazone groups is 1. The van der Waals surface area contributed by atoms with Gasteiger partial charge in [-0.25, -0.2) is 18.6 Å². The molecule has 7 nitrogen and oxygen atoms in total. The lowest BCUT2D eigenvalue weighted by molar-refractivity contribution is -0.121. The molecule has 37 heavy (non-hydrogen) atoms. The number of benzene rings is 3. The Morgan fingerprint density at radius 2 is 1.70 bits per heavy atom. The molecule has 0 saturated heterocycles. The van der Waals surface area contributed by atoms with Crippen molar-refractivity contribution in [2.45, 2.75) is 24.3 Å². The van der Waals surface area contributed by atoms with E-state index in [4.69, 9.17) is 27.6 Å². The van der Waals surface area contributed by atoms with Crippen LogP contribution in [0.1, 0.15) is 29.3 Å². The number of nitrogens with one attached hydrogen (secondary N) is 2. The fraction of sp³-hybridized carbons (Fsp3) is 0.111. The molecule has 0 aliphatic carbocycles. The predicted molar refractivity (Wildman–Crippen MR) is 145 cm³/mol. The molecule has 0 radical (unpaired) electrons. The van der Waals surface area contributed by atoms with Gasteiger partial charge in [-0.1, -0.05) is 71.2 Å². The van der Waals surface area contributed by atoms with Crippen LogP contribution in [0, 0.1) is 6.92 Å². The van der Waals surface area contributed by atoms with Crippen molar-refractivity contribution in [2.24, 2.45) is 5.10 Å². The molecule has 0 unspecified atom stereocenters. The fourth-order valence-corrected chi connectivity index (χ4v) is 5.03. The average Bonchev–Trinajstić information content (AvgIpc) is 3.35. The molecule has 1 amide bonds. The zero-order valence-electron chi connectivity index (χ0n) is 19.7. The van der Waals surface area contributed by atoms with E-state index in [1.807, 2.05) is 13.0 Å². The van der Waals surface area contributed by atoms with E-state index in [-0.39, 0.29) is 11.3 Å². The summed E-state index contributed by atoms with van der Waals surface area (Å²) >= 11 is 12.0. The molecular formula is C27H23Cl2N3O4S. The second-order valence-electron chi connectivity index (χ2n) is 8.23. The van der Waals surface area contributed by atoms with E-state index in [1.54, 1.807) is 66.7 Å². The first-order valence-corrected chi connectivity index (χ1v) is 13.5. The highest BCUT2D eigenvalue weighted by atomic mass is 35.5. The number of carbonyl (C=O) groups is 1. The van der Waals surface area contributed by atoms with Crippen molar-refractivity contribution < 1.29 is 17.6 Å². The third-order valence-electron chi connectivity index (χ3n) is 5.43. The highest BCUT2D eigenvalue weighted by molar-refractivity contribution is 7.89. The number of halogens is 2. The van der Waals surface area contributed by atoms with Crippen molar-refractivity contribution in [1.29, 1.82) is 0 Å². The van der Waals surface area contributed by atoms with Crippen LogP contribution in [0.4, 0.5) is 0 Å². The lowest BCUT2D eigenvalue weighted by Gasteiger charge is -2.18. The molecule has 0 bridgehead atoms. The predicted octanol–water partition coefficient (Wildman–Crippen LogP) is 6.12. The van der Waals surface area contributed by atoms with Crippen molar-refractivity contribution in [3.8, 4) is 11.3 Å². The van der Waals surface area contributed by atoms with E-state index >= 15 is 0 Å². The molecule has 10 heteroatoms. The number of rotatable bonds is 9. The number of nitrogens with zero attached hydrogens (tertiary/aromatic N) is 1. The average molecular weight is 556 g/mol. The van der Waals surface area contributed by atoms with Crippen LogP contribution in [0.25, 0.3) is 11.3 Å². The van der Waals surface area contributed by atoms with Crippen molar-refractivity contribution >= 4 is 45.3 Å². The maximum absolute atomic E-state index is 13.0. The van der Waals surface area contributed by atoms with Crippen LogP contribution in [0.3, 0.4) is 0 Å². The Morgan fingerprint density at radius 3 is 2.41 bits per heavy atom. The minimum atomic E-state index is -3.86. The molecular weight excluding hydrogens is 533 g/mol. The summed E-state index contributed by atoms with van der Waals surface area (Å²) in [5.41, 5.74) is 4.76.